The summed E-state index contributed by atoms with van der Waals surface area (Å²) in [6, 6.07) is 19.6. The van der Waals surface area contributed by atoms with Crippen LogP contribution < -0.4 is 0 Å². The van der Waals surface area contributed by atoms with Crippen molar-refractivity contribution in [2.24, 2.45) is 9.98 Å². The van der Waals surface area contributed by atoms with Gasteiger partial charge in [0.1, 0.15) is 0 Å². The Balaban J connectivity index is 0.00000103. The molecule has 0 aliphatic heterocycles. The summed E-state index contributed by atoms with van der Waals surface area (Å²) < 4.78 is 0. The SMILES string of the molecule is C(C=Nc1ccccc1)=Nc1ccccc1.[Br][Pd+].[CH3-]. The van der Waals surface area contributed by atoms with Gasteiger partial charge in [-0.1, -0.05) is 36.4 Å². The molecule has 0 heterocycles. The zero-order chi connectivity index (χ0) is 13.1. The third-order valence-electron chi connectivity index (χ3n) is 2.03. The number of nitrogens with zero attached hydrogens (tertiary/aromatic N) is 2. The number of benzene rings is 2. The van der Waals surface area contributed by atoms with Gasteiger partial charge in [-0.2, -0.15) is 0 Å². The Morgan fingerprint density at radius 2 is 1.00 bits per heavy atom. The minimum absolute atomic E-state index is 0. The second-order valence-electron chi connectivity index (χ2n) is 3.23. The molecule has 0 saturated carbocycles. The summed E-state index contributed by atoms with van der Waals surface area (Å²) in [5, 5.41) is 0. The van der Waals surface area contributed by atoms with Gasteiger partial charge < -0.3 is 7.43 Å². The van der Waals surface area contributed by atoms with E-state index in [0.29, 0.717) is 0 Å². The van der Waals surface area contributed by atoms with E-state index in [1.165, 1.54) is 0 Å². The van der Waals surface area contributed by atoms with Gasteiger partial charge in [0.25, 0.3) is 0 Å². The third-order valence-corrected chi connectivity index (χ3v) is 2.03. The Morgan fingerprint density at radius 1 is 0.684 bits per heavy atom. The van der Waals surface area contributed by atoms with E-state index < -0.39 is 0 Å². The molecule has 0 bridgehead atoms. The molecule has 0 saturated heterocycles. The smallest absolute Gasteiger partial charge is 0.358 e. The predicted molar refractivity (Wildman–Crippen MR) is 84.5 cm³/mol. The maximum atomic E-state index is 4.25. The van der Waals surface area contributed by atoms with E-state index in [4.69, 9.17) is 0 Å². The summed E-state index contributed by atoms with van der Waals surface area (Å²) in [5.41, 5.74) is 1.86. The van der Waals surface area contributed by atoms with Crippen LogP contribution in [0.15, 0.2) is 70.6 Å². The monoisotopic (exact) mass is 408 g/mol. The minimum atomic E-state index is 0. The van der Waals surface area contributed by atoms with Gasteiger partial charge in [0.15, 0.2) is 0 Å². The molecule has 19 heavy (non-hydrogen) atoms. The van der Waals surface area contributed by atoms with Crippen LogP contribution in [0.2, 0.25) is 0 Å². The average molecular weight is 410 g/mol. The van der Waals surface area contributed by atoms with E-state index in [1.54, 1.807) is 12.4 Å². The standard InChI is InChI=1S/C14H12N2.CH3.BrH.Pd/c1-3-7-13(8-4-1)15-11-12-16-14-9-5-2-6-10-14;;;/h1-12H;1H3;1H;/q;-1;;+2/p-1. The number of aliphatic imine (C=N–C) groups is 2. The molecule has 0 radical (unpaired) electrons. The number of hydrogen-bond donors (Lipinski definition) is 0. The number of para-hydroxylation sites is 2. The fraction of sp³-hybridized carbons (Fsp3) is 0. The van der Waals surface area contributed by atoms with Gasteiger partial charge in [0.2, 0.25) is 0 Å². The topological polar surface area (TPSA) is 24.7 Å². The molecule has 0 unspecified atom stereocenters. The fourth-order valence-electron chi connectivity index (χ4n) is 1.27. The number of halogens is 1. The Hall–Kier alpha value is -1.08. The summed E-state index contributed by atoms with van der Waals surface area (Å²) in [4.78, 5) is 8.49. The maximum Gasteiger partial charge on any atom is -0.358 e. The fourth-order valence-corrected chi connectivity index (χ4v) is 1.27. The summed E-state index contributed by atoms with van der Waals surface area (Å²) in [6.45, 7) is 0. The molecule has 0 amide bonds. The van der Waals surface area contributed by atoms with E-state index in [1.807, 2.05) is 60.7 Å². The van der Waals surface area contributed by atoms with E-state index in [-0.39, 0.29) is 7.43 Å². The molecule has 2 nitrogen and oxygen atoms in total. The first-order valence-corrected chi connectivity index (χ1v) is 8.79. The summed E-state index contributed by atoms with van der Waals surface area (Å²) in [5.74, 6) is 0. The van der Waals surface area contributed by atoms with Crippen molar-refractivity contribution in [2.45, 2.75) is 0 Å². The van der Waals surface area contributed by atoms with Crippen molar-refractivity contribution in [2.75, 3.05) is 0 Å². The quantitative estimate of drug-likeness (QED) is 0.383. The van der Waals surface area contributed by atoms with Crippen molar-refractivity contribution < 1.29 is 17.2 Å². The van der Waals surface area contributed by atoms with E-state index >= 15 is 0 Å². The molecule has 2 aromatic rings. The van der Waals surface area contributed by atoms with Gasteiger partial charge in [-0.3, -0.25) is 9.98 Å². The van der Waals surface area contributed by atoms with Crippen LogP contribution in [0.1, 0.15) is 0 Å². The van der Waals surface area contributed by atoms with Gasteiger partial charge in [0.05, 0.1) is 11.4 Å². The summed E-state index contributed by atoms with van der Waals surface area (Å²) >= 11 is 5.35. The van der Waals surface area contributed by atoms with E-state index in [0.717, 1.165) is 11.4 Å². The van der Waals surface area contributed by atoms with Crippen molar-refractivity contribution in [1.82, 2.24) is 0 Å². The van der Waals surface area contributed by atoms with Crippen molar-refractivity contribution in [3.05, 3.63) is 68.1 Å². The summed E-state index contributed by atoms with van der Waals surface area (Å²) in [6.07, 6.45) is 3.39. The molecule has 0 fully saturated rings. The number of rotatable bonds is 3. The summed E-state index contributed by atoms with van der Waals surface area (Å²) in [7, 11) is 0. The Kier molecular flexibility index (Phi) is 11.3. The Bertz CT molecular complexity index is 437. The van der Waals surface area contributed by atoms with Crippen molar-refractivity contribution in [1.29, 1.82) is 0 Å². The van der Waals surface area contributed by atoms with Gasteiger partial charge in [0, 0.05) is 12.4 Å². The molecule has 2 rings (SSSR count). The normalized spacial score (nSPS) is 9.84. The first-order valence-electron chi connectivity index (χ1n) is 5.24. The van der Waals surface area contributed by atoms with Gasteiger partial charge in [-0.15, -0.1) is 0 Å². The van der Waals surface area contributed by atoms with Crippen LogP contribution in [-0.2, 0) is 17.2 Å². The van der Waals surface area contributed by atoms with Crippen LogP contribution in [0.4, 0.5) is 11.4 Å². The zero-order valence-corrected chi connectivity index (χ0v) is 13.7. The largest absolute Gasteiger partial charge is 0.358 e. The Morgan fingerprint density at radius 3 is 1.32 bits per heavy atom. The van der Waals surface area contributed by atoms with Crippen LogP contribution in [0.5, 0.6) is 0 Å². The predicted octanol–water partition coefficient (Wildman–Crippen LogP) is 5.08. The molecule has 102 valence electrons. The average Bonchev–Trinajstić information content (AvgIpc) is 2.48. The van der Waals surface area contributed by atoms with Crippen LogP contribution in [0.25, 0.3) is 0 Å². The molecule has 0 spiro atoms. The van der Waals surface area contributed by atoms with Gasteiger partial charge >= 0.3 is 30.6 Å². The van der Waals surface area contributed by atoms with E-state index in [2.05, 4.69) is 40.6 Å². The van der Waals surface area contributed by atoms with Crippen LogP contribution >= 0.6 is 13.4 Å². The minimum Gasteiger partial charge on any atom is -0.358 e. The van der Waals surface area contributed by atoms with E-state index in [9.17, 15) is 0 Å². The van der Waals surface area contributed by atoms with Crippen molar-refractivity contribution >= 4 is 37.2 Å². The van der Waals surface area contributed by atoms with Crippen LogP contribution in [0.3, 0.4) is 0 Å². The van der Waals surface area contributed by atoms with Crippen molar-refractivity contribution in [3.63, 3.8) is 0 Å². The molecule has 0 aliphatic carbocycles. The molecular formula is C15H15BrN2Pd. The molecule has 0 aliphatic rings. The zero-order valence-electron chi connectivity index (χ0n) is 10.5. The molecular weight excluding hydrogens is 395 g/mol. The Labute approximate surface area is 132 Å². The second kappa shape index (κ2) is 12.0. The second-order valence-corrected chi connectivity index (χ2v) is 3.23. The first-order chi connectivity index (χ1) is 8.95. The molecule has 0 aromatic heterocycles. The maximum absolute atomic E-state index is 4.25. The first kappa shape index (κ1) is 17.9. The van der Waals surface area contributed by atoms with Gasteiger partial charge in [-0.05, 0) is 24.3 Å². The van der Waals surface area contributed by atoms with Gasteiger partial charge in [-0.25, -0.2) is 0 Å². The molecule has 2 aromatic carbocycles. The van der Waals surface area contributed by atoms with Crippen LogP contribution in [-0.4, -0.2) is 12.4 Å². The third kappa shape index (κ3) is 7.84. The molecule has 0 atom stereocenters. The molecule has 0 N–H and O–H groups in total. The number of hydrogen-bond acceptors (Lipinski definition) is 2. The van der Waals surface area contributed by atoms with Crippen molar-refractivity contribution in [3.8, 4) is 0 Å². The molecule has 4 heteroatoms. The van der Waals surface area contributed by atoms with Crippen LogP contribution in [0, 0.1) is 7.43 Å².